The summed E-state index contributed by atoms with van der Waals surface area (Å²) in [5.41, 5.74) is 0.769. The minimum Gasteiger partial charge on any atom is -0.362 e. The maximum absolute atomic E-state index is 12.8. The van der Waals surface area contributed by atoms with Crippen molar-refractivity contribution in [3.05, 3.63) is 40.9 Å². The van der Waals surface area contributed by atoms with Crippen LogP contribution in [0.15, 0.2) is 30.4 Å². The zero-order valence-corrected chi connectivity index (χ0v) is 12.4. The normalized spacial score (nSPS) is 36.7. The van der Waals surface area contributed by atoms with Crippen molar-refractivity contribution in [3.63, 3.8) is 0 Å². The highest BCUT2D eigenvalue weighted by Crippen LogP contribution is 2.52. The summed E-state index contributed by atoms with van der Waals surface area (Å²) in [7, 11) is 0. The quantitative estimate of drug-likeness (QED) is 0.591. The van der Waals surface area contributed by atoms with Crippen LogP contribution in [0.4, 0.5) is 5.69 Å². The van der Waals surface area contributed by atoms with Gasteiger partial charge in [-0.25, -0.2) is 4.90 Å². The van der Waals surface area contributed by atoms with Crippen LogP contribution < -0.4 is 4.90 Å². The second-order valence-corrected chi connectivity index (χ2v) is 6.51. The van der Waals surface area contributed by atoms with E-state index in [0.717, 1.165) is 5.56 Å². The number of aryl methyl sites for hydroxylation is 1. The molecule has 1 aromatic carbocycles. The van der Waals surface area contributed by atoms with Crippen LogP contribution in [0.3, 0.4) is 0 Å². The van der Waals surface area contributed by atoms with Gasteiger partial charge in [0.15, 0.2) is 0 Å². The Morgan fingerprint density at radius 3 is 2.76 bits per heavy atom. The number of amides is 2. The SMILES string of the molecule is Cc1ccc(Cl)cc1N1C(=O)[C@@H]2[C@@H]3C=C[C@](C)(O3)[C@@H]2C1=O. The minimum absolute atomic E-state index is 0.187. The van der Waals surface area contributed by atoms with Gasteiger partial charge in [-0.1, -0.05) is 29.8 Å². The van der Waals surface area contributed by atoms with Crippen LogP contribution in [0.5, 0.6) is 0 Å². The summed E-state index contributed by atoms with van der Waals surface area (Å²) in [6.45, 7) is 3.74. The second kappa shape index (κ2) is 3.96. The lowest BCUT2D eigenvalue weighted by atomic mass is 9.78. The van der Waals surface area contributed by atoms with Crippen molar-refractivity contribution in [1.29, 1.82) is 0 Å². The Bertz CT molecular complexity index is 713. The molecule has 0 aliphatic carbocycles. The van der Waals surface area contributed by atoms with E-state index in [1.165, 1.54) is 4.90 Å². The van der Waals surface area contributed by atoms with Crippen molar-refractivity contribution in [2.24, 2.45) is 11.8 Å². The number of ether oxygens (including phenoxy) is 1. The molecule has 0 radical (unpaired) electrons. The Labute approximate surface area is 127 Å². The lowest BCUT2D eigenvalue weighted by Gasteiger charge is -2.24. The number of rotatable bonds is 1. The minimum atomic E-state index is -0.663. The van der Waals surface area contributed by atoms with Crippen LogP contribution in [0.25, 0.3) is 0 Å². The predicted octanol–water partition coefficient (Wildman–Crippen LogP) is 2.48. The Morgan fingerprint density at radius 2 is 2.05 bits per heavy atom. The van der Waals surface area contributed by atoms with Gasteiger partial charge in [0.1, 0.15) is 0 Å². The molecule has 0 unspecified atom stereocenters. The van der Waals surface area contributed by atoms with Crippen molar-refractivity contribution in [1.82, 2.24) is 0 Å². The summed E-state index contributed by atoms with van der Waals surface area (Å²) in [6.07, 6.45) is 3.50. The van der Waals surface area contributed by atoms with Crippen LogP contribution in [-0.2, 0) is 14.3 Å². The Kier molecular flexibility index (Phi) is 2.46. The van der Waals surface area contributed by atoms with Gasteiger partial charge < -0.3 is 4.74 Å². The van der Waals surface area contributed by atoms with Gasteiger partial charge in [-0.3, -0.25) is 9.59 Å². The fraction of sp³-hybridized carbons (Fsp3) is 0.375. The summed E-state index contributed by atoms with van der Waals surface area (Å²) < 4.78 is 5.80. The summed E-state index contributed by atoms with van der Waals surface area (Å²) >= 11 is 6.02. The molecule has 2 bridgehead atoms. The van der Waals surface area contributed by atoms with Crippen LogP contribution in [0.2, 0.25) is 5.02 Å². The molecular formula is C16H14ClNO3. The molecule has 3 heterocycles. The Balaban J connectivity index is 1.82. The highest BCUT2D eigenvalue weighted by atomic mass is 35.5. The molecule has 4 atom stereocenters. The fourth-order valence-corrected chi connectivity index (χ4v) is 3.88. The summed E-state index contributed by atoms with van der Waals surface area (Å²) in [5.74, 6) is -1.22. The van der Waals surface area contributed by atoms with Crippen LogP contribution in [0, 0.1) is 18.8 Å². The van der Waals surface area contributed by atoms with Crippen LogP contribution in [-0.4, -0.2) is 23.5 Å². The maximum atomic E-state index is 12.8. The van der Waals surface area contributed by atoms with E-state index in [0.29, 0.717) is 10.7 Å². The molecule has 2 amide bonds. The van der Waals surface area contributed by atoms with Gasteiger partial charge in [0.2, 0.25) is 11.8 Å². The molecule has 2 fully saturated rings. The van der Waals surface area contributed by atoms with Gasteiger partial charge in [0, 0.05) is 5.02 Å². The third-order valence-electron chi connectivity index (χ3n) is 4.74. The summed E-state index contributed by atoms with van der Waals surface area (Å²) in [6, 6.07) is 5.24. The van der Waals surface area contributed by atoms with Crippen molar-refractivity contribution in [2.75, 3.05) is 4.90 Å². The topological polar surface area (TPSA) is 46.6 Å². The molecule has 21 heavy (non-hydrogen) atoms. The summed E-state index contributed by atoms with van der Waals surface area (Å²) in [4.78, 5) is 26.8. The molecule has 2 saturated heterocycles. The van der Waals surface area contributed by atoms with E-state index in [1.54, 1.807) is 12.1 Å². The van der Waals surface area contributed by atoms with Gasteiger partial charge in [0.05, 0.1) is 29.2 Å². The molecule has 0 N–H and O–H groups in total. The maximum Gasteiger partial charge on any atom is 0.241 e. The third kappa shape index (κ3) is 1.54. The second-order valence-electron chi connectivity index (χ2n) is 6.07. The summed E-state index contributed by atoms with van der Waals surface area (Å²) in [5, 5.41) is 0.511. The first kappa shape index (κ1) is 13.0. The predicted molar refractivity (Wildman–Crippen MR) is 78.1 cm³/mol. The molecule has 5 heteroatoms. The average Bonchev–Trinajstić information content (AvgIpc) is 3.03. The smallest absolute Gasteiger partial charge is 0.241 e. The number of carbonyl (C=O) groups is 2. The van der Waals surface area contributed by atoms with E-state index in [4.69, 9.17) is 16.3 Å². The highest BCUT2D eigenvalue weighted by molar-refractivity contribution is 6.31. The first-order valence-electron chi connectivity index (χ1n) is 6.93. The number of nitrogens with zero attached hydrogens (tertiary/aromatic N) is 1. The molecule has 0 spiro atoms. The van der Waals surface area contributed by atoms with E-state index in [2.05, 4.69) is 0 Å². The first-order chi connectivity index (χ1) is 9.92. The van der Waals surface area contributed by atoms with Crippen molar-refractivity contribution < 1.29 is 14.3 Å². The third-order valence-corrected chi connectivity index (χ3v) is 4.98. The molecular weight excluding hydrogens is 290 g/mol. The average molecular weight is 304 g/mol. The van der Waals surface area contributed by atoms with Gasteiger partial charge >= 0.3 is 0 Å². The van der Waals surface area contributed by atoms with E-state index in [-0.39, 0.29) is 17.9 Å². The standard InChI is InChI=1S/C16H14ClNO3/c1-8-3-4-9(17)7-10(8)18-14(19)12-11-5-6-16(2,21-11)13(12)15(18)20/h3-7,11-13H,1-2H3/t11-,12+,13-,16-/m0/s1. The van der Waals surface area contributed by atoms with Gasteiger partial charge in [-0.05, 0) is 31.5 Å². The van der Waals surface area contributed by atoms with Gasteiger partial charge in [-0.15, -0.1) is 0 Å². The molecule has 3 aliphatic rings. The van der Waals surface area contributed by atoms with Gasteiger partial charge in [-0.2, -0.15) is 0 Å². The van der Waals surface area contributed by atoms with Crippen LogP contribution >= 0.6 is 11.6 Å². The molecule has 3 aliphatic heterocycles. The number of halogens is 1. The highest BCUT2D eigenvalue weighted by Gasteiger charge is 2.66. The van der Waals surface area contributed by atoms with E-state index in [9.17, 15) is 9.59 Å². The fourth-order valence-electron chi connectivity index (χ4n) is 3.71. The van der Waals surface area contributed by atoms with Crippen molar-refractivity contribution in [3.8, 4) is 0 Å². The lowest BCUT2D eigenvalue weighted by molar-refractivity contribution is -0.126. The molecule has 0 aromatic heterocycles. The molecule has 0 saturated carbocycles. The molecule has 4 nitrogen and oxygen atoms in total. The van der Waals surface area contributed by atoms with Gasteiger partial charge in [0.25, 0.3) is 0 Å². The van der Waals surface area contributed by atoms with Crippen molar-refractivity contribution >= 4 is 29.1 Å². The van der Waals surface area contributed by atoms with E-state index in [1.807, 2.05) is 32.1 Å². The largest absolute Gasteiger partial charge is 0.362 e. The monoisotopic (exact) mass is 303 g/mol. The first-order valence-corrected chi connectivity index (χ1v) is 7.31. The number of hydrogen-bond donors (Lipinski definition) is 0. The van der Waals surface area contributed by atoms with E-state index < -0.39 is 17.4 Å². The number of anilines is 1. The van der Waals surface area contributed by atoms with Crippen molar-refractivity contribution in [2.45, 2.75) is 25.6 Å². The lowest BCUT2D eigenvalue weighted by Crippen LogP contribution is -2.38. The zero-order chi connectivity index (χ0) is 14.9. The number of fused-ring (bicyclic) bond motifs is 5. The Morgan fingerprint density at radius 1 is 1.29 bits per heavy atom. The molecule has 108 valence electrons. The number of benzene rings is 1. The number of imide groups is 1. The number of hydrogen-bond acceptors (Lipinski definition) is 3. The number of carbonyl (C=O) groups excluding carboxylic acids is 2. The molecule has 4 rings (SSSR count). The van der Waals surface area contributed by atoms with E-state index >= 15 is 0 Å². The Hall–Kier alpha value is -1.65. The van der Waals surface area contributed by atoms with Crippen LogP contribution in [0.1, 0.15) is 12.5 Å². The zero-order valence-electron chi connectivity index (χ0n) is 11.7. The molecule has 1 aromatic rings.